The van der Waals surface area contributed by atoms with Gasteiger partial charge in [-0.2, -0.15) is 5.01 Å². The number of carbonyl (C=O) groups excluding carboxylic acids is 1. The van der Waals surface area contributed by atoms with Crippen LogP contribution in [0.4, 0.5) is 0 Å². The van der Waals surface area contributed by atoms with Crippen molar-refractivity contribution in [2.45, 2.75) is 0 Å². The van der Waals surface area contributed by atoms with Gasteiger partial charge in [0.2, 0.25) is 0 Å². The van der Waals surface area contributed by atoms with Gasteiger partial charge in [-0.3, -0.25) is 4.79 Å². The lowest BCUT2D eigenvalue weighted by molar-refractivity contribution is 0.410. The number of nitrogens with zero attached hydrogens (tertiary/aromatic N) is 2. The van der Waals surface area contributed by atoms with Crippen LogP contribution >= 0.6 is 11.6 Å². The molecule has 0 atom stereocenters. The Morgan fingerprint density at radius 1 is 1.75 bits per heavy atom. The summed E-state index contributed by atoms with van der Waals surface area (Å²) in [5, 5.41) is 2.83. The molecule has 0 aromatic heterocycles. The van der Waals surface area contributed by atoms with Gasteiger partial charge in [0.05, 0.1) is 11.8 Å². The van der Waals surface area contributed by atoms with Crippen molar-refractivity contribution in [2.24, 2.45) is 5.29 Å². The predicted octanol–water partition coefficient (Wildman–Crippen LogP) is 0.276. The molecule has 0 saturated carbocycles. The zero-order chi connectivity index (χ0) is 6.41. The molecule has 0 bridgehead atoms. The summed E-state index contributed by atoms with van der Waals surface area (Å²) in [6, 6.07) is 0. The van der Waals surface area contributed by atoms with E-state index >= 15 is 0 Å². The molecule has 5 heteroatoms. The van der Waals surface area contributed by atoms with Crippen molar-refractivity contribution < 1.29 is 4.79 Å². The summed E-state index contributed by atoms with van der Waals surface area (Å²) in [7, 11) is 0. The quantitative estimate of drug-likeness (QED) is 0.241. The summed E-state index contributed by atoms with van der Waals surface area (Å²) in [5.41, 5.74) is 0. The molecule has 0 fully saturated rings. The molecule has 0 aromatic carbocycles. The zero-order valence-electron chi connectivity index (χ0n) is 4.00. The van der Waals surface area contributed by atoms with Crippen LogP contribution in [0.15, 0.2) is 5.29 Å². The summed E-state index contributed by atoms with van der Waals surface area (Å²) in [6.45, 7) is 0.120. The molecule has 45 valence electrons. The van der Waals surface area contributed by atoms with Gasteiger partial charge in [-0.25, -0.2) is 0 Å². The van der Waals surface area contributed by atoms with E-state index < -0.39 is 0 Å². The molecule has 0 spiro atoms. The van der Waals surface area contributed by atoms with Crippen molar-refractivity contribution >= 4 is 18.0 Å². The molecule has 1 amide bonds. The lowest BCUT2D eigenvalue weighted by Gasteiger charge is -1.98. The van der Waals surface area contributed by atoms with Gasteiger partial charge >= 0.3 is 6.41 Å². The normalized spacial score (nSPS) is 8.12. The molecule has 0 aliphatic carbocycles. The van der Waals surface area contributed by atoms with Crippen LogP contribution in [0.3, 0.4) is 0 Å². The Morgan fingerprint density at radius 3 is 2.50 bits per heavy atom. The summed E-state index contributed by atoms with van der Waals surface area (Å²) in [6.07, 6.45) is 1.27. The first-order chi connectivity index (χ1) is 3.85. The molecule has 1 radical (unpaired) electrons. The van der Waals surface area contributed by atoms with E-state index in [9.17, 15) is 9.70 Å². The molecular weight excluding hydrogens is 131 g/mol. The van der Waals surface area contributed by atoms with Crippen LogP contribution in [0.5, 0.6) is 0 Å². The fourth-order valence-corrected chi connectivity index (χ4v) is 0.343. The summed E-state index contributed by atoms with van der Waals surface area (Å²) < 4.78 is 0. The maximum Gasteiger partial charge on any atom is 0.336 e. The second kappa shape index (κ2) is 4.52. The topological polar surface area (TPSA) is 49.7 Å². The molecule has 8 heavy (non-hydrogen) atoms. The van der Waals surface area contributed by atoms with Crippen molar-refractivity contribution in [1.82, 2.24) is 5.01 Å². The van der Waals surface area contributed by atoms with E-state index in [1.54, 1.807) is 0 Å². The Labute approximate surface area is 51.4 Å². The van der Waals surface area contributed by atoms with E-state index in [0.29, 0.717) is 5.01 Å². The Kier molecular flexibility index (Phi) is 4.16. The Hall–Kier alpha value is -0.640. The number of alkyl halides is 1. The maximum absolute atomic E-state index is 9.57. The molecule has 0 rings (SSSR count). The zero-order valence-corrected chi connectivity index (χ0v) is 4.76. The number of halogens is 1. The van der Waals surface area contributed by atoms with Crippen LogP contribution < -0.4 is 0 Å². The van der Waals surface area contributed by atoms with Crippen LogP contribution in [-0.4, -0.2) is 23.8 Å². The van der Waals surface area contributed by atoms with E-state index in [2.05, 4.69) is 5.29 Å². The molecule has 0 aliphatic heterocycles. The number of hydrogen-bond acceptors (Lipinski definition) is 3. The predicted molar refractivity (Wildman–Crippen MR) is 28.9 cm³/mol. The third-order valence-electron chi connectivity index (χ3n) is 0.500. The average molecular weight is 136 g/mol. The highest BCUT2D eigenvalue weighted by Crippen LogP contribution is 1.83. The largest absolute Gasteiger partial charge is 0.336 e. The van der Waals surface area contributed by atoms with Crippen molar-refractivity contribution in [3.63, 3.8) is 0 Å². The Balaban J connectivity index is 3.35. The fraction of sp³-hybridized carbons (Fsp3) is 0.667. The minimum atomic E-state index is 0.120. The number of rotatable bonds is 4. The summed E-state index contributed by atoms with van der Waals surface area (Å²) >= 11 is 5.13. The van der Waals surface area contributed by atoms with E-state index in [0.717, 1.165) is 0 Å². The molecule has 0 heterocycles. The molecule has 0 saturated heterocycles. The first-order valence-corrected chi connectivity index (χ1v) is 2.43. The van der Waals surface area contributed by atoms with Crippen molar-refractivity contribution in [1.29, 1.82) is 0 Å². The van der Waals surface area contributed by atoms with Crippen LogP contribution in [0.2, 0.25) is 0 Å². The summed E-state index contributed by atoms with van der Waals surface area (Å²) in [4.78, 5) is 19.1. The Morgan fingerprint density at radius 2 is 2.38 bits per heavy atom. The van der Waals surface area contributed by atoms with Gasteiger partial charge in [0.15, 0.2) is 0 Å². The van der Waals surface area contributed by atoms with Crippen LogP contribution in [0.1, 0.15) is 0 Å². The van der Waals surface area contributed by atoms with Crippen LogP contribution in [0, 0.1) is 4.91 Å². The van der Waals surface area contributed by atoms with Gasteiger partial charge in [-0.15, -0.1) is 16.5 Å². The van der Waals surface area contributed by atoms with Crippen molar-refractivity contribution in [3.05, 3.63) is 4.91 Å². The molecule has 0 N–H and O–H groups in total. The third kappa shape index (κ3) is 2.52. The van der Waals surface area contributed by atoms with Gasteiger partial charge in [0.1, 0.15) is 0 Å². The first kappa shape index (κ1) is 7.36. The van der Waals surface area contributed by atoms with E-state index in [4.69, 9.17) is 11.6 Å². The van der Waals surface area contributed by atoms with Crippen molar-refractivity contribution in [2.75, 3.05) is 12.4 Å². The summed E-state index contributed by atoms with van der Waals surface area (Å²) in [5.74, 6) is 0.195. The second-order valence-corrected chi connectivity index (χ2v) is 1.36. The second-order valence-electron chi connectivity index (χ2n) is 0.985. The third-order valence-corrected chi connectivity index (χ3v) is 0.669. The van der Waals surface area contributed by atoms with Gasteiger partial charge in [0, 0.05) is 5.88 Å². The van der Waals surface area contributed by atoms with Gasteiger partial charge in [-0.05, 0) is 0 Å². The minimum Gasteiger partial charge on any atom is -0.261 e. The average Bonchev–Trinajstić information content (AvgIpc) is 1.83. The molecule has 0 unspecified atom stereocenters. The Bertz CT molecular complexity index is 79.4. The molecular formula is C3H4ClN2O2. The number of amides is 1. The first-order valence-electron chi connectivity index (χ1n) is 1.89. The van der Waals surface area contributed by atoms with Gasteiger partial charge in [0.25, 0.3) is 0 Å². The standard InChI is InChI=1S/C3H4ClN2O2/c4-1-2-6(3-7)5-8/h1-2H2. The highest BCUT2D eigenvalue weighted by Gasteiger charge is 1.96. The number of hydrogen-bond donors (Lipinski definition) is 0. The smallest absolute Gasteiger partial charge is 0.261 e. The highest BCUT2D eigenvalue weighted by molar-refractivity contribution is 6.18. The van der Waals surface area contributed by atoms with Gasteiger partial charge < -0.3 is 0 Å². The lowest BCUT2D eigenvalue weighted by Crippen LogP contribution is -2.16. The monoisotopic (exact) mass is 135 g/mol. The van der Waals surface area contributed by atoms with E-state index in [1.165, 1.54) is 6.41 Å². The minimum absolute atomic E-state index is 0.120. The number of nitroso groups, excluding NO2 is 1. The SMILES string of the molecule is O=[C]N(CCCl)N=O. The molecule has 4 nitrogen and oxygen atoms in total. The maximum atomic E-state index is 9.57. The van der Waals surface area contributed by atoms with E-state index in [1.807, 2.05) is 0 Å². The van der Waals surface area contributed by atoms with E-state index in [-0.39, 0.29) is 12.4 Å². The van der Waals surface area contributed by atoms with Gasteiger partial charge in [-0.1, -0.05) is 0 Å². The van der Waals surface area contributed by atoms with Crippen LogP contribution in [0.25, 0.3) is 0 Å². The van der Waals surface area contributed by atoms with Crippen molar-refractivity contribution in [3.8, 4) is 0 Å². The molecule has 0 aliphatic rings. The molecule has 0 aromatic rings. The van der Waals surface area contributed by atoms with Crippen LogP contribution in [-0.2, 0) is 4.79 Å². The fourth-order valence-electron chi connectivity index (χ4n) is 0.183. The lowest BCUT2D eigenvalue weighted by atomic mass is 10.7. The highest BCUT2D eigenvalue weighted by atomic mass is 35.5.